The molecule has 9 heteroatoms. The number of amides is 1. The smallest absolute Gasteiger partial charge is 0.225 e. The molecule has 0 unspecified atom stereocenters. The van der Waals surface area contributed by atoms with E-state index in [9.17, 15) is 4.79 Å². The summed E-state index contributed by atoms with van der Waals surface area (Å²) in [5.41, 5.74) is 4.34. The van der Waals surface area contributed by atoms with Crippen molar-refractivity contribution in [1.29, 1.82) is 0 Å². The number of aromatic nitrogens is 5. The van der Waals surface area contributed by atoms with Crippen LogP contribution in [0.15, 0.2) is 59.8 Å². The van der Waals surface area contributed by atoms with Gasteiger partial charge in [-0.15, -0.1) is 10.2 Å². The van der Waals surface area contributed by atoms with Crippen molar-refractivity contribution < 1.29 is 4.79 Å². The van der Waals surface area contributed by atoms with E-state index in [2.05, 4.69) is 20.6 Å². The Balaban J connectivity index is 1.37. The van der Waals surface area contributed by atoms with E-state index in [1.807, 2.05) is 84.7 Å². The molecular formula is C23H23ClN6OS. The van der Waals surface area contributed by atoms with Crippen molar-refractivity contribution in [1.82, 2.24) is 24.5 Å². The molecule has 0 bridgehead atoms. The van der Waals surface area contributed by atoms with Gasteiger partial charge in [0.05, 0.1) is 22.8 Å². The number of halogens is 1. The van der Waals surface area contributed by atoms with E-state index >= 15 is 0 Å². The first-order chi connectivity index (χ1) is 15.4. The van der Waals surface area contributed by atoms with E-state index in [1.54, 1.807) is 0 Å². The van der Waals surface area contributed by atoms with Crippen LogP contribution in [0.4, 0.5) is 5.69 Å². The molecule has 164 valence electrons. The van der Waals surface area contributed by atoms with Gasteiger partial charge in [-0.25, -0.2) is 4.68 Å². The molecule has 0 aliphatic rings. The van der Waals surface area contributed by atoms with Gasteiger partial charge in [-0.2, -0.15) is 5.10 Å². The second-order valence-electron chi connectivity index (χ2n) is 7.31. The Morgan fingerprint density at radius 1 is 1.06 bits per heavy atom. The fraction of sp³-hybridized carbons (Fsp3) is 0.217. The summed E-state index contributed by atoms with van der Waals surface area (Å²) in [5.74, 6) is 1.29. The van der Waals surface area contributed by atoms with E-state index < -0.39 is 0 Å². The third-order valence-electron chi connectivity index (χ3n) is 5.05. The van der Waals surface area contributed by atoms with Crippen LogP contribution in [0.25, 0.3) is 17.1 Å². The molecule has 1 N–H and O–H groups in total. The molecule has 4 aromatic rings. The maximum Gasteiger partial charge on any atom is 0.225 e. The number of para-hydroxylation sites is 1. The predicted molar refractivity (Wildman–Crippen MR) is 128 cm³/mol. The molecule has 0 fully saturated rings. The number of benzene rings is 2. The molecule has 0 saturated carbocycles. The van der Waals surface area contributed by atoms with Crippen LogP contribution in [-0.4, -0.2) is 36.2 Å². The summed E-state index contributed by atoms with van der Waals surface area (Å²) in [7, 11) is 1.91. The first kappa shape index (κ1) is 22.1. The van der Waals surface area contributed by atoms with Crippen molar-refractivity contribution in [2.75, 3.05) is 11.1 Å². The van der Waals surface area contributed by atoms with Crippen LogP contribution in [0.5, 0.6) is 0 Å². The SMILES string of the molecule is Cc1nn(-c2ccccc2)c(C)c1NC(=O)CCSc1nnc(-c2ccc(Cl)cc2)n1C. The zero-order valence-electron chi connectivity index (χ0n) is 18.0. The minimum atomic E-state index is -0.0589. The Bertz CT molecular complexity index is 1230. The van der Waals surface area contributed by atoms with Crippen LogP contribution < -0.4 is 5.32 Å². The van der Waals surface area contributed by atoms with Gasteiger partial charge >= 0.3 is 0 Å². The van der Waals surface area contributed by atoms with Crippen molar-refractivity contribution in [3.05, 3.63) is 71.0 Å². The summed E-state index contributed by atoms with van der Waals surface area (Å²) in [4.78, 5) is 12.6. The molecule has 32 heavy (non-hydrogen) atoms. The van der Waals surface area contributed by atoms with Gasteiger partial charge in [0.15, 0.2) is 11.0 Å². The van der Waals surface area contributed by atoms with Gasteiger partial charge in [0.1, 0.15) is 0 Å². The Hall–Kier alpha value is -3.10. The summed E-state index contributed by atoms with van der Waals surface area (Å²) >= 11 is 7.46. The lowest BCUT2D eigenvalue weighted by atomic mass is 10.2. The van der Waals surface area contributed by atoms with Gasteiger partial charge in [0.25, 0.3) is 0 Å². The first-order valence-electron chi connectivity index (χ1n) is 10.1. The van der Waals surface area contributed by atoms with Gasteiger partial charge in [0, 0.05) is 29.8 Å². The Morgan fingerprint density at radius 3 is 2.50 bits per heavy atom. The van der Waals surface area contributed by atoms with Crippen molar-refractivity contribution in [3.63, 3.8) is 0 Å². The highest BCUT2D eigenvalue weighted by Crippen LogP contribution is 2.25. The number of nitrogens with one attached hydrogen (secondary N) is 1. The number of hydrogen-bond acceptors (Lipinski definition) is 5. The average molecular weight is 467 g/mol. The summed E-state index contributed by atoms with van der Waals surface area (Å²) in [5, 5.41) is 17.6. The highest BCUT2D eigenvalue weighted by Gasteiger charge is 2.16. The molecule has 0 aliphatic heterocycles. The molecule has 0 atom stereocenters. The second-order valence-corrected chi connectivity index (χ2v) is 8.81. The molecule has 7 nitrogen and oxygen atoms in total. The molecule has 4 rings (SSSR count). The van der Waals surface area contributed by atoms with E-state index in [0.29, 0.717) is 17.2 Å². The van der Waals surface area contributed by atoms with Crippen LogP contribution in [0.1, 0.15) is 17.8 Å². The van der Waals surface area contributed by atoms with Crippen LogP contribution in [0.3, 0.4) is 0 Å². The zero-order chi connectivity index (χ0) is 22.7. The van der Waals surface area contributed by atoms with E-state index in [1.165, 1.54) is 11.8 Å². The summed E-state index contributed by atoms with van der Waals surface area (Å²) < 4.78 is 3.77. The number of thioether (sulfide) groups is 1. The number of hydrogen-bond donors (Lipinski definition) is 1. The predicted octanol–water partition coefficient (Wildman–Crippen LogP) is 5.06. The number of rotatable bonds is 7. The quantitative estimate of drug-likeness (QED) is 0.385. The highest BCUT2D eigenvalue weighted by molar-refractivity contribution is 7.99. The van der Waals surface area contributed by atoms with Gasteiger partial charge in [-0.3, -0.25) is 4.79 Å². The number of aryl methyl sites for hydroxylation is 1. The topological polar surface area (TPSA) is 77.6 Å². The summed E-state index contributed by atoms with van der Waals surface area (Å²) in [6, 6.07) is 17.3. The van der Waals surface area contributed by atoms with E-state index in [-0.39, 0.29) is 5.91 Å². The van der Waals surface area contributed by atoms with Gasteiger partial charge in [0.2, 0.25) is 5.91 Å². The Morgan fingerprint density at radius 2 is 1.78 bits per heavy atom. The number of carbonyl (C=O) groups excluding carboxylic acids is 1. The minimum Gasteiger partial charge on any atom is -0.323 e. The lowest BCUT2D eigenvalue weighted by Gasteiger charge is -2.07. The van der Waals surface area contributed by atoms with Crippen LogP contribution >= 0.6 is 23.4 Å². The molecule has 1 amide bonds. The standard InChI is InChI=1S/C23H23ClN6OS/c1-15-21(16(2)30(28-15)19-7-5-4-6-8-19)25-20(31)13-14-32-23-27-26-22(29(23)3)17-9-11-18(24)12-10-17/h4-12H,13-14H2,1-3H3,(H,25,31). The molecule has 0 spiro atoms. The van der Waals surface area contributed by atoms with Crippen LogP contribution in [-0.2, 0) is 11.8 Å². The Labute approximate surface area is 195 Å². The molecule has 0 saturated heterocycles. The maximum atomic E-state index is 12.6. The van der Waals surface area contributed by atoms with Gasteiger partial charge in [-0.05, 0) is 50.2 Å². The maximum absolute atomic E-state index is 12.6. The van der Waals surface area contributed by atoms with E-state index in [4.69, 9.17) is 11.6 Å². The monoisotopic (exact) mass is 466 g/mol. The largest absolute Gasteiger partial charge is 0.323 e. The van der Waals surface area contributed by atoms with Crippen LogP contribution in [0.2, 0.25) is 5.02 Å². The van der Waals surface area contributed by atoms with Gasteiger partial charge in [-0.1, -0.05) is 41.6 Å². The summed E-state index contributed by atoms with van der Waals surface area (Å²) in [6.45, 7) is 3.85. The fourth-order valence-corrected chi connectivity index (χ4v) is 4.35. The lowest BCUT2D eigenvalue weighted by Crippen LogP contribution is -2.13. The average Bonchev–Trinajstić information content (AvgIpc) is 3.29. The van der Waals surface area contributed by atoms with Gasteiger partial charge < -0.3 is 9.88 Å². The highest BCUT2D eigenvalue weighted by atomic mass is 35.5. The molecule has 0 aliphatic carbocycles. The molecule has 2 heterocycles. The van der Waals surface area contributed by atoms with Crippen molar-refractivity contribution in [2.24, 2.45) is 7.05 Å². The molecule has 2 aromatic heterocycles. The van der Waals surface area contributed by atoms with E-state index in [0.717, 1.165) is 39.3 Å². The Kier molecular flexibility index (Phi) is 6.62. The zero-order valence-corrected chi connectivity index (χ0v) is 19.6. The van der Waals surface area contributed by atoms with Crippen molar-refractivity contribution >= 4 is 35.0 Å². The van der Waals surface area contributed by atoms with Crippen LogP contribution in [0, 0.1) is 13.8 Å². The normalized spacial score (nSPS) is 11.0. The number of carbonyl (C=O) groups is 1. The van der Waals surface area contributed by atoms with Crippen molar-refractivity contribution in [2.45, 2.75) is 25.4 Å². The molecule has 0 radical (unpaired) electrons. The molecular weight excluding hydrogens is 444 g/mol. The summed E-state index contributed by atoms with van der Waals surface area (Å²) in [6.07, 6.45) is 0.350. The number of anilines is 1. The third-order valence-corrected chi connectivity index (χ3v) is 6.33. The third kappa shape index (κ3) is 4.71. The van der Waals surface area contributed by atoms with Crippen molar-refractivity contribution in [3.8, 4) is 17.1 Å². The second kappa shape index (κ2) is 9.58. The first-order valence-corrected chi connectivity index (χ1v) is 11.5. The fourth-order valence-electron chi connectivity index (χ4n) is 3.37. The number of nitrogens with zero attached hydrogens (tertiary/aromatic N) is 5. The minimum absolute atomic E-state index is 0.0589. The lowest BCUT2D eigenvalue weighted by molar-refractivity contribution is -0.115. The molecule has 2 aromatic carbocycles.